The Kier molecular flexibility index (Phi) is 4.76. The van der Waals surface area contributed by atoms with Crippen LogP contribution in [0.4, 0.5) is 5.69 Å². The van der Waals surface area contributed by atoms with E-state index in [1.54, 1.807) is 0 Å². The van der Waals surface area contributed by atoms with Crippen LogP contribution in [0.1, 0.15) is 38.5 Å². The van der Waals surface area contributed by atoms with Crippen molar-refractivity contribution < 1.29 is 0 Å². The molecule has 0 saturated carbocycles. The molecule has 0 aliphatic heterocycles. The summed E-state index contributed by atoms with van der Waals surface area (Å²) in [7, 11) is 0. The number of hydrogen-bond donors (Lipinski definition) is 1. The van der Waals surface area contributed by atoms with Crippen molar-refractivity contribution in [3.8, 4) is 0 Å². The summed E-state index contributed by atoms with van der Waals surface area (Å²) in [6.45, 7) is 0. The number of para-hydroxylation sites is 1. The van der Waals surface area contributed by atoms with Crippen molar-refractivity contribution in [3.63, 3.8) is 0 Å². The monoisotopic (exact) mass is 229 g/mol. The number of benzene rings is 1. The van der Waals surface area contributed by atoms with Crippen LogP contribution in [0.2, 0.25) is 0 Å². The van der Waals surface area contributed by atoms with E-state index in [2.05, 4.69) is 21.8 Å². The summed E-state index contributed by atoms with van der Waals surface area (Å²) < 4.78 is 0. The molecule has 3 heteroatoms. The third-order valence-corrected chi connectivity index (χ3v) is 2.90. The van der Waals surface area contributed by atoms with Crippen molar-refractivity contribution in [2.24, 2.45) is 10.3 Å². The summed E-state index contributed by atoms with van der Waals surface area (Å²) >= 11 is 0. The second kappa shape index (κ2) is 6.84. The van der Waals surface area contributed by atoms with Gasteiger partial charge in [0.05, 0.1) is 11.4 Å². The van der Waals surface area contributed by atoms with E-state index in [1.165, 1.54) is 25.7 Å². The van der Waals surface area contributed by atoms with E-state index in [4.69, 9.17) is 0 Å². The summed E-state index contributed by atoms with van der Waals surface area (Å²) in [6.07, 6.45) is 9.60. The van der Waals surface area contributed by atoms with Crippen molar-refractivity contribution in [1.29, 1.82) is 0 Å². The van der Waals surface area contributed by atoms with Gasteiger partial charge in [-0.25, -0.2) is 0 Å². The van der Waals surface area contributed by atoms with Crippen molar-refractivity contribution in [2.75, 3.05) is 5.43 Å². The van der Waals surface area contributed by atoms with Gasteiger partial charge in [0, 0.05) is 0 Å². The Balaban J connectivity index is 1.86. The van der Waals surface area contributed by atoms with Crippen molar-refractivity contribution >= 4 is 5.69 Å². The minimum absolute atomic E-state index is 0.975. The molecule has 1 aliphatic rings. The molecule has 1 aromatic carbocycles. The fourth-order valence-electron chi connectivity index (χ4n) is 1.93. The molecule has 0 heterocycles. The zero-order valence-corrected chi connectivity index (χ0v) is 10.1. The van der Waals surface area contributed by atoms with Gasteiger partial charge < -0.3 is 0 Å². The van der Waals surface area contributed by atoms with Gasteiger partial charge in [-0.1, -0.05) is 42.3 Å². The van der Waals surface area contributed by atoms with Crippen molar-refractivity contribution in [2.45, 2.75) is 38.5 Å². The van der Waals surface area contributed by atoms with Crippen LogP contribution in [0.25, 0.3) is 0 Å². The number of nitrogens with zero attached hydrogens (tertiary/aromatic N) is 2. The van der Waals surface area contributed by atoms with Gasteiger partial charge in [-0.15, -0.1) is 5.11 Å². The highest BCUT2D eigenvalue weighted by atomic mass is 15.4. The third-order valence-electron chi connectivity index (χ3n) is 2.90. The molecular weight excluding hydrogens is 210 g/mol. The summed E-state index contributed by atoms with van der Waals surface area (Å²) in [5.74, 6) is 0. The van der Waals surface area contributed by atoms with Gasteiger partial charge in [-0.2, -0.15) is 0 Å². The zero-order valence-electron chi connectivity index (χ0n) is 10.1. The Hall–Kier alpha value is -1.64. The van der Waals surface area contributed by atoms with E-state index in [0.29, 0.717) is 0 Å². The summed E-state index contributed by atoms with van der Waals surface area (Å²) in [6, 6.07) is 9.90. The fraction of sp³-hybridized carbons (Fsp3) is 0.429. The molecule has 1 N–H and O–H groups in total. The largest absolute Gasteiger partial charge is 0.260 e. The molecule has 17 heavy (non-hydrogen) atoms. The SMILES string of the molecule is C1=C(/N=NNc2ccccc2)CCCCCC/1. The summed E-state index contributed by atoms with van der Waals surface area (Å²) in [5, 5.41) is 8.30. The second-order valence-corrected chi connectivity index (χ2v) is 4.33. The van der Waals surface area contributed by atoms with Crippen molar-refractivity contribution in [3.05, 3.63) is 42.1 Å². The van der Waals surface area contributed by atoms with Crippen LogP contribution in [-0.4, -0.2) is 0 Å². The normalized spacial score (nSPS) is 20.4. The molecule has 0 saturated heterocycles. The molecule has 90 valence electrons. The lowest BCUT2D eigenvalue weighted by Crippen LogP contribution is -1.90. The fourth-order valence-corrected chi connectivity index (χ4v) is 1.93. The van der Waals surface area contributed by atoms with Gasteiger partial charge in [-0.3, -0.25) is 5.43 Å². The number of rotatable bonds is 3. The second-order valence-electron chi connectivity index (χ2n) is 4.33. The lowest BCUT2D eigenvalue weighted by atomic mass is 10.0. The van der Waals surface area contributed by atoms with Crippen LogP contribution >= 0.6 is 0 Å². The maximum atomic E-state index is 4.26. The Morgan fingerprint density at radius 2 is 1.76 bits per heavy atom. The molecule has 0 amide bonds. The maximum absolute atomic E-state index is 4.26. The minimum Gasteiger partial charge on any atom is -0.260 e. The maximum Gasteiger partial charge on any atom is 0.0608 e. The van der Waals surface area contributed by atoms with Crippen LogP contribution in [0.3, 0.4) is 0 Å². The quantitative estimate of drug-likeness (QED) is 0.591. The lowest BCUT2D eigenvalue weighted by Gasteiger charge is -2.06. The van der Waals surface area contributed by atoms with Crippen LogP contribution < -0.4 is 5.43 Å². The molecule has 0 fully saturated rings. The molecule has 0 aromatic heterocycles. The number of hydrogen-bond acceptors (Lipinski definition) is 2. The average Bonchev–Trinajstić information content (AvgIpc) is 2.33. The summed E-state index contributed by atoms with van der Waals surface area (Å²) in [5.41, 5.74) is 5.04. The van der Waals surface area contributed by atoms with E-state index in [0.717, 1.165) is 24.2 Å². The predicted octanol–water partition coefficient (Wildman–Crippen LogP) is 4.70. The Morgan fingerprint density at radius 3 is 2.65 bits per heavy atom. The summed E-state index contributed by atoms with van der Waals surface area (Å²) in [4.78, 5) is 0. The Bertz CT molecular complexity index is 382. The zero-order chi connectivity index (χ0) is 11.8. The predicted molar refractivity (Wildman–Crippen MR) is 70.7 cm³/mol. The minimum atomic E-state index is 0.975. The van der Waals surface area contributed by atoms with Crippen LogP contribution in [0, 0.1) is 0 Å². The highest BCUT2D eigenvalue weighted by Gasteiger charge is 2.00. The first-order valence-corrected chi connectivity index (χ1v) is 6.36. The Morgan fingerprint density at radius 1 is 0.941 bits per heavy atom. The van der Waals surface area contributed by atoms with Gasteiger partial charge in [0.1, 0.15) is 0 Å². The van der Waals surface area contributed by atoms with Crippen LogP contribution in [0.15, 0.2) is 52.4 Å². The highest BCUT2D eigenvalue weighted by Crippen LogP contribution is 2.18. The van der Waals surface area contributed by atoms with E-state index in [1.807, 2.05) is 30.3 Å². The smallest absolute Gasteiger partial charge is 0.0608 e. The van der Waals surface area contributed by atoms with E-state index in [9.17, 15) is 0 Å². The molecule has 0 radical (unpaired) electrons. The van der Waals surface area contributed by atoms with Gasteiger partial charge in [0.2, 0.25) is 0 Å². The first-order chi connectivity index (χ1) is 8.45. The molecule has 0 atom stereocenters. The molecule has 0 unspecified atom stereocenters. The average molecular weight is 229 g/mol. The lowest BCUT2D eigenvalue weighted by molar-refractivity contribution is 0.619. The van der Waals surface area contributed by atoms with E-state index in [-0.39, 0.29) is 0 Å². The van der Waals surface area contributed by atoms with Crippen LogP contribution in [-0.2, 0) is 0 Å². The molecule has 1 aromatic rings. The molecule has 1 aliphatic carbocycles. The van der Waals surface area contributed by atoms with Crippen molar-refractivity contribution in [1.82, 2.24) is 0 Å². The topological polar surface area (TPSA) is 36.8 Å². The third kappa shape index (κ3) is 4.39. The number of anilines is 1. The van der Waals surface area contributed by atoms with Gasteiger partial charge >= 0.3 is 0 Å². The Labute approximate surface area is 103 Å². The first-order valence-electron chi connectivity index (χ1n) is 6.36. The van der Waals surface area contributed by atoms with E-state index < -0.39 is 0 Å². The standard InChI is InChI=1S/C14H19N3/c1-2-5-9-13(10-6-3-1)15-17-16-14-11-7-4-8-12-14/h4,7-9,11-12H,1-3,5-6,10H2,(H,15,16)/b13-9+. The first kappa shape index (κ1) is 11.8. The molecule has 2 rings (SSSR count). The molecule has 3 nitrogen and oxygen atoms in total. The van der Waals surface area contributed by atoms with Crippen LogP contribution in [0.5, 0.6) is 0 Å². The van der Waals surface area contributed by atoms with Gasteiger partial charge in [-0.05, 0) is 37.8 Å². The molecule has 0 bridgehead atoms. The van der Waals surface area contributed by atoms with E-state index >= 15 is 0 Å². The highest BCUT2D eigenvalue weighted by molar-refractivity contribution is 5.41. The number of allylic oxidation sites excluding steroid dienone is 2. The molecular formula is C14H19N3. The number of nitrogens with one attached hydrogen (secondary N) is 1. The molecule has 0 spiro atoms. The van der Waals surface area contributed by atoms with Gasteiger partial charge in [0.15, 0.2) is 0 Å². The van der Waals surface area contributed by atoms with Gasteiger partial charge in [0.25, 0.3) is 0 Å².